The van der Waals surface area contributed by atoms with Crippen molar-refractivity contribution in [3.8, 4) is 5.75 Å². The first-order valence-electron chi connectivity index (χ1n) is 12.0. The lowest BCUT2D eigenvalue weighted by Gasteiger charge is -2.32. The van der Waals surface area contributed by atoms with Crippen LogP contribution in [0, 0.1) is 6.92 Å². The zero-order valence-electron chi connectivity index (χ0n) is 20.6. The van der Waals surface area contributed by atoms with Crippen LogP contribution in [0.1, 0.15) is 36.1 Å². The van der Waals surface area contributed by atoms with Crippen molar-refractivity contribution in [2.75, 3.05) is 13.2 Å². The molecule has 1 atom stereocenters. The largest absolute Gasteiger partial charge is 0.483 e. The molecule has 0 fully saturated rings. The number of benzene rings is 3. The van der Waals surface area contributed by atoms with Gasteiger partial charge in [0.15, 0.2) is 6.61 Å². The van der Waals surface area contributed by atoms with Gasteiger partial charge < -0.3 is 15.0 Å². The predicted octanol–water partition coefficient (Wildman–Crippen LogP) is 5.47. The minimum Gasteiger partial charge on any atom is -0.483 e. The quantitative estimate of drug-likeness (QED) is 0.353. The summed E-state index contributed by atoms with van der Waals surface area (Å²) in [4.78, 5) is 28.5. The molecule has 6 heteroatoms. The minimum absolute atomic E-state index is 0.166. The highest BCUT2D eigenvalue weighted by molar-refractivity contribution is 9.10. The normalized spacial score (nSPS) is 11.5. The molecule has 184 valence electrons. The molecule has 5 nitrogen and oxygen atoms in total. The predicted molar refractivity (Wildman–Crippen MR) is 143 cm³/mol. The standard InChI is InChI=1S/C29H33BrN2O3/c1-4-22-15-16-27(25(30)17-22)35-20-28(33)32(19-24-14-10-9-11-21(24)3)26(29(34)31-5-2)18-23-12-7-6-8-13-23/h6-17,26H,4-5,18-20H2,1-3H3,(H,31,34)/t26-/m1/s1. The van der Waals surface area contributed by atoms with Crippen molar-refractivity contribution in [1.29, 1.82) is 0 Å². The Balaban J connectivity index is 1.90. The number of carbonyl (C=O) groups is 2. The van der Waals surface area contributed by atoms with E-state index in [0.29, 0.717) is 25.3 Å². The number of halogens is 1. The Morgan fingerprint density at radius 2 is 1.69 bits per heavy atom. The minimum atomic E-state index is -0.668. The molecule has 0 bridgehead atoms. The van der Waals surface area contributed by atoms with Gasteiger partial charge in [0.2, 0.25) is 5.91 Å². The van der Waals surface area contributed by atoms with Crippen molar-refractivity contribution >= 4 is 27.7 Å². The first kappa shape index (κ1) is 26.5. The fourth-order valence-electron chi connectivity index (χ4n) is 3.92. The molecule has 0 saturated carbocycles. The number of hydrogen-bond donors (Lipinski definition) is 1. The molecule has 0 aromatic heterocycles. The molecular weight excluding hydrogens is 504 g/mol. The van der Waals surface area contributed by atoms with E-state index in [1.807, 2.05) is 86.6 Å². The van der Waals surface area contributed by atoms with Crippen molar-refractivity contribution in [3.63, 3.8) is 0 Å². The summed E-state index contributed by atoms with van der Waals surface area (Å²) < 4.78 is 6.72. The van der Waals surface area contributed by atoms with Crippen LogP contribution in [0.4, 0.5) is 0 Å². The number of nitrogens with zero attached hydrogens (tertiary/aromatic N) is 1. The van der Waals surface area contributed by atoms with Crippen LogP contribution in [0.3, 0.4) is 0 Å². The van der Waals surface area contributed by atoms with E-state index in [4.69, 9.17) is 4.74 Å². The van der Waals surface area contributed by atoms with Gasteiger partial charge in [0.05, 0.1) is 4.47 Å². The second kappa shape index (κ2) is 13.1. The molecule has 0 unspecified atom stereocenters. The van der Waals surface area contributed by atoms with E-state index in [0.717, 1.165) is 27.6 Å². The van der Waals surface area contributed by atoms with Gasteiger partial charge in [0.1, 0.15) is 11.8 Å². The van der Waals surface area contributed by atoms with E-state index in [1.54, 1.807) is 4.90 Å². The molecule has 0 aliphatic heterocycles. The molecule has 0 heterocycles. The highest BCUT2D eigenvalue weighted by Crippen LogP contribution is 2.26. The zero-order valence-corrected chi connectivity index (χ0v) is 22.2. The summed E-state index contributed by atoms with van der Waals surface area (Å²) in [5.74, 6) is 0.183. The number of ether oxygens (including phenoxy) is 1. The van der Waals surface area contributed by atoms with Crippen LogP contribution in [0.15, 0.2) is 77.3 Å². The summed E-state index contributed by atoms with van der Waals surface area (Å²) in [5.41, 5.74) is 4.23. The van der Waals surface area contributed by atoms with Crippen molar-refractivity contribution in [1.82, 2.24) is 10.2 Å². The van der Waals surface area contributed by atoms with E-state index in [1.165, 1.54) is 5.56 Å². The summed E-state index contributed by atoms with van der Waals surface area (Å²) >= 11 is 3.54. The summed E-state index contributed by atoms with van der Waals surface area (Å²) in [6.45, 7) is 6.62. The van der Waals surface area contributed by atoms with Gasteiger partial charge in [-0.05, 0) is 70.6 Å². The average molecular weight is 537 g/mol. The monoisotopic (exact) mass is 536 g/mol. The smallest absolute Gasteiger partial charge is 0.261 e. The zero-order chi connectivity index (χ0) is 25.2. The molecule has 3 aromatic rings. The summed E-state index contributed by atoms with van der Waals surface area (Å²) in [6, 6.07) is 22.9. The molecular formula is C29H33BrN2O3. The Labute approximate surface area is 216 Å². The first-order chi connectivity index (χ1) is 16.9. The summed E-state index contributed by atoms with van der Waals surface area (Å²) in [6.07, 6.45) is 1.33. The van der Waals surface area contributed by atoms with Crippen molar-refractivity contribution < 1.29 is 14.3 Å². The highest BCUT2D eigenvalue weighted by atomic mass is 79.9. The van der Waals surface area contributed by atoms with Crippen molar-refractivity contribution in [2.24, 2.45) is 0 Å². The van der Waals surface area contributed by atoms with Gasteiger partial charge in [0.25, 0.3) is 5.91 Å². The third kappa shape index (κ3) is 7.43. The topological polar surface area (TPSA) is 58.6 Å². The summed E-state index contributed by atoms with van der Waals surface area (Å²) in [7, 11) is 0. The number of aryl methyl sites for hydroxylation is 2. The molecule has 0 aliphatic carbocycles. The third-order valence-electron chi connectivity index (χ3n) is 5.98. The molecule has 1 N–H and O–H groups in total. The maximum Gasteiger partial charge on any atom is 0.261 e. The molecule has 2 amide bonds. The van der Waals surface area contributed by atoms with E-state index in [-0.39, 0.29) is 18.4 Å². The van der Waals surface area contributed by atoms with Crippen LogP contribution in [0.5, 0.6) is 5.75 Å². The number of rotatable bonds is 11. The SMILES string of the molecule is CCNC(=O)[C@@H](Cc1ccccc1)N(Cc1ccccc1C)C(=O)COc1ccc(CC)cc1Br. The maximum atomic E-state index is 13.6. The van der Waals surface area contributed by atoms with Crippen LogP contribution in [-0.2, 0) is 29.0 Å². The molecule has 3 aromatic carbocycles. The lowest BCUT2D eigenvalue weighted by atomic mass is 10.0. The Hall–Kier alpha value is -3.12. The van der Waals surface area contributed by atoms with E-state index in [2.05, 4.69) is 28.2 Å². The number of likely N-dealkylation sites (N-methyl/N-ethyl adjacent to an activating group) is 1. The number of nitrogens with one attached hydrogen (secondary N) is 1. The van der Waals surface area contributed by atoms with E-state index >= 15 is 0 Å². The Morgan fingerprint density at radius 1 is 0.971 bits per heavy atom. The summed E-state index contributed by atoms with van der Waals surface area (Å²) in [5, 5.41) is 2.92. The van der Waals surface area contributed by atoms with E-state index in [9.17, 15) is 9.59 Å². The first-order valence-corrected chi connectivity index (χ1v) is 12.8. The molecule has 0 radical (unpaired) electrons. The van der Waals surface area contributed by atoms with Crippen LogP contribution < -0.4 is 10.1 Å². The van der Waals surface area contributed by atoms with E-state index < -0.39 is 6.04 Å². The second-order valence-electron chi connectivity index (χ2n) is 8.46. The average Bonchev–Trinajstić information content (AvgIpc) is 2.87. The molecule has 35 heavy (non-hydrogen) atoms. The lowest BCUT2D eigenvalue weighted by Crippen LogP contribution is -2.51. The van der Waals surface area contributed by atoms with Crippen LogP contribution >= 0.6 is 15.9 Å². The van der Waals surface area contributed by atoms with Gasteiger partial charge in [-0.1, -0.05) is 67.6 Å². The number of carbonyl (C=O) groups excluding carboxylic acids is 2. The van der Waals surface area contributed by atoms with Gasteiger partial charge in [-0.25, -0.2) is 0 Å². The van der Waals surface area contributed by atoms with Gasteiger partial charge in [-0.2, -0.15) is 0 Å². The van der Waals surface area contributed by atoms with Crippen LogP contribution in [-0.4, -0.2) is 35.9 Å². The fourth-order valence-corrected chi connectivity index (χ4v) is 4.46. The maximum absolute atomic E-state index is 13.6. The van der Waals surface area contributed by atoms with Crippen LogP contribution in [0.25, 0.3) is 0 Å². The van der Waals surface area contributed by atoms with Crippen LogP contribution in [0.2, 0.25) is 0 Å². The highest BCUT2D eigenvalue weighted by Gasteiger charge is 2.30. The van der Waals surface area contributed by atoms with Gasteiger partial charge in [-0.15, -0.1) is 0 Å². The Bertz CT molecular complexity index is 1130. The van der Waals surface area contributed by atoms with Crippen molar-refractivity contribution in [3.05, 3.63) is 99.5 Å². The number of amides is 2. The molecule has 3 rings (SSSR count). The Kier molecular flexibility index (Phi) is 9.91. The van der Waals surface area contributed by atoms with Gasteiger partial charge in [0, 0.05) is 19.5 Å². The van der Waals surface area contributed by atoms with Crippen molar-refractivity contribution in [2.45, 2.75) is 46.2 Å². The molecule has 0 saturated heterocycles. The molecule has 0 spiro atoms. The molecule has 0 aliphatic rings. The van der Waals surface area contributed by atoms with Gasteiger partial charge in [-0.3, -0.25) is 9.59 Å². The fraction of sp³-hybridized carbons (Fsp3) is 0.310. The third-order valence-corrected chi connectivity index (χ3v) is 6.60. The second-order valence-corrected chi connectivity index (χ2v) is 9.31. The Morgan fingerprint density at radius 3 is 2.34 bits per heavy atom. The lowest BCUT2D eigenvalue weighted by molar-refractivity contribution is -0.142. The van der Waals surface area contributed by atoms with Gasteiger partial charge >= 0.3 is 0 Å². The number of hydrogen-bond acceptors (Lipinski definition) is 3.